The quantitative estimate of drug-likeness (QED) is 0.717. The second-order valence-corrected chi connectivity index (χ2v) is 10.2. The molecule has 1 amide bonds. The van der Waals surface area contributed by atoms with Crippen LogP contribution in [0, 0.1) is 11.3 Å². The van der Waals surface area contributed by atoms with Crippen molar-refractivity contribution in [1.82, 2.24) is 15.5 Å². The van der Waals surface area contributed by atoms with Crippen LogP contribution in [0.25, 0.3) is 0 Å². The van der Waals surface area contributed by atoms with Crippen LogP contribution >= 0.6 is 0 Å². The molecule has 4 nitrogen and oxygen atoms in total. The zero-order valence-electron chi connectivity index (χ0n) is 15.4. The number of nitrogens with one attached hydrogen (secondary N) is 2. The molecule has 2 aliphatic carbocycles. The third-order valence-corrected chi connectivity index (χ3v) is 8.20. The molecule has 0 spiro atoms. The van der Waals surface area contributed by atoms with Crippen molar-refractivity contribution in [3.63, 3.8) is 0 Å². The maximum Gasteiger partial charge on any atom is 0.222 e. The van der Waals surface area contributed by atoms with Crippen LogP contribution in [0.15, 0.2) is 0 Å². The van der Waals surface area contributed by atoms with E-state index in [-0.39, 0.29) is 11.7 Å². The Morgan fingerprint density at radius 2 is 1.78 bits per heavy atom. The van der Waals surface area contributed by atoms with Gasteiger partial charge in [-0.3, -0.25) is 15.4 Å². The summed E-state index contributed by atoms with van der Waals surface area (Å²) >= 11 is 0. The van der Waals surface area contributed by atoms with Crippen LogP contribution in [-0.2, 0) is 4.79 Å². The van der Waals surface area contributed by atoms with E-state index in [9.17, 15) is 4.79 Å². The Morgan fingerprint density at radius 3 is 2.26 bits per heavy atom. The maximum absolute atomic E-state index is 13.0. The molecular formula is C18H35N3OSi. The van der Waals surface area contributed by atoms with Crippen LogP contribution < -0.4 is 10.6 Å². The van der Waals surface area contributed by atoms with Gasteiger partial charge in [0.05, 0.1) is 6.17 Å². The summed E-state index contributed by atoms with van der Waals surface area (Å²) in [7, 11) is 0.957. The number of rotatable bonds is 6. The molecule has 3 unspecified atom stereocenters. The molecule has 0 bridgehead atoms. The van der Waals surface area contributed by atoms with Crippen LogP contribution in [0.3, 0.4) is 0 Å². The highest BCUT2D eigenvalue weighted by Gasteiger charge is 2.42. The summed E-state index contributed by atoms with van der Waals surface area (Å²) in [5.41, 5.74) is 0.639. The number of carbonyl (C=O) groups excluding carboxylic acids is 1. The zero-order chi connectivity index (χ0) is 16.6. The maximum atomic E-state index is 13.0. The molecule has 3 atom stereocenters. The summed E-state index contributed by atoms with van der Waals surface area (Å²) in [5.74, 6) is 0.869. The smallest absolute Gasteiger partial charge is 0.222 e. The molecule has 1 saturated heterocycles. The number of amides is 1. The molecule has 0 aromatic rings. The summed E-state index contributed by atoms with van der Waals surface area (Å²) < 4.78 is 0. The lowest BCUT2D eigenvalue weighted by Crippen LogP contribution is -2.49. The highest BCUT2D eigenvalue weighted by Crippen LogP contribution is 2.45. The van der Waals surface area contributed by atoms with Gasteiger partial charge >= 0.3 is 0 Å². The van der Waals surface area contributed by atoms with Gasteiger partial charge in [-0.05, 0) is 37.0 Å². The molecule has 2 N–H and O–H groups in total. The number of fused-ring (bicyclic) bond motifs is 1. The van der Waals surface area contributed by atoms with Gasteiger partial charge in [-0.25, -0.2) is 0 Å². The minimum Gasteiger partial charge on any atom is -0.339 e. The fourth-order valence-corrected chi connectivity index (χ4v) is 4.42. The molecule has 0 radical (unpaired) electrons. The molecule has 3 rings (SSSR count). The summed E-state index contributed by atoms with van der Waals surface area (Å²) in [4.78, 5) is 15.2. The predicted molar refractivity (Wildman–Crippen MR) is 98.6 cm³/mol. The monoisotopic (exact) mass is 337 g/mol. The fraction of sp³-hybridized carbons (Fsp3) is 0.944. The minimum atomic E-state index is 0.251. The molecule has 2 saturated carbocycles. The third kappa shape index (κ3) is 4.17. The average molecular weight is 338 g/mol. The highest BCUT2D eigenvalue weighted by atomic mass is 28.1. The van der Waals surface area contributed by atoms with Crippen LogP contribution in [0.1, 0.15) is 59.3 Å². The van der Waals surface area contributed by atoms with Crippen LogP contribution in [-0.4, -0.2) is 52.4 Å². The van der Waals surface area contributed by atoms with Gasteiger partial charge in [0.1, 0.15) is 0 Å². The number of carbonyl (C=O) groups is 1. The van der Waals surface area contributed by atoms with Crippen molar-refractivity contribution in [2.24, 2.45) is 11.3 Å². The molecule has 1 aliphatic heterocycles. The lowest BCUT2D eigenvalue weighted by molar-refractivity contribution is -0.133. The van der Waals surface area contributed by atoms with E-state index in [1.807, 2.05) is 0 Å². The Bertz CT molecular complexity index is 424. The topological polar surface area (TPSA) is 44.4 Å². The van der Waals surface area contributed by atoms with E-state index in [4.69, 9.17) is 0 Å². The minimum absolute atomic E-state index is 0.251. The van der Waals surface area contributed by atoms with Crippen molar-refractivity contribution < 1.29 is 4.79 Å². The molecule has 1 heterocycles. The number of hydrogen-bond acceptors (Lipinski definition) is 3. The summed E-state index contributed by atoms with van der Waals surface area (Å²) in [6.07, 6.45) is 8.11. The first-order valence-corrected chi connectivity index (χ1v) is 10.8. The van der Waals surface area contributed by atoms with Gasteiger partial charge in [-0.2, -0.15) is 0 Å². The first-order chi connectivity index (χ1) is 10.9. The Balaban J connectivity index is 1.62. The Morgan fingerprint density at radius 1 is 1.22 bits per heavy atom. The van der Waals surface area contributed by atoms with Crippen molar-refractivity contribution in [3.8, 4) is 0 Å². The van der Waals surface area contributed by atoms with Crippen molar-refractivity contribution in [2.75, 3.05) is 13.1 Å². The lowest BCUT2D eigenvalue weighted by atomic mass is 9.92. The second kappa shape index (κ2) is 6.85. The van der Waals surface area contributed by atoms with Crippen LogP contribution in [0.2, 0.25) is 5.54 Å². The number of hydrogen-bond donors (Lipinski definition) is 2. The van der Waals surface area contributed by atoms with Gasteiger partial charge in [-0.15, -0.1) is 0 Å². The van der Waals surface area contributed by atoms with E-state index in [1.165, 1.54) is 38.5 Å². The van der Waals surface area contributed by atoms with Crippen molar-refractivity contribution >= 4 is 16.1 Å². The van der Waals surface area contributed by atoms with Gasteiger partial charge in [-0.1, -0.05) is 33.6 Å². The summed E-state index contributed by atoms with van der Waals surface area (Å²) in [6.45, 7) is 8.50. The largest absolute Gasteiger partial charge is 0.339 e. The molecule has 23 heavy (non-hydrogen) atoms. The van der Waals surface area contributed by atoms with E-state index in [0.717, 1.165) is 23.3 Å². The van der Waals surface area contributed by atoms with Crippen LogP contribution in [0.4, 0.5) is 0 Å². The first-order valence-electron chi connectivity index (χ1n) is 9.69. The molecule has 0 aromatic heterocycles. The lowest BCUT2D eigenvalue weighted by Gasteiger charge is -2.32. The van der Waals surface area contributed by atoms with E-state index >= 15 is 0 Å². The van der Waals surface area contributed by atoms with Gasteiger partial charge < -0.3 is 4.90 Å². The number of nitrogens with zero attached hydrogens (tertiary/aromatic N) is 1. The molecular weight excluding hydrogens is 302 g/mol. The standard InChI is InChI=1S/C18H35N3OSi/c1-12(2)16(23)17(22)21(11-18(3)8-9-18)10-15-19-13-6-4-5-7-14(13)20-15/h12-16,19-20H,4-11H2,1-3,23H3. The van der Waals surface area contributed by atoms with E-state index in [1.54, 1.807) is 0 Å². The third-order valence-electron chi connectivity index (χ3n) is 6.38. The van der Waals surface area contributed by atoms with Crippen molar-refractivity contribution in [1.29, 1.82) is 0 Å². The zero-order valence-corrected chi connectivity index (χ0v) is 17.4. The predicted octanol–water partition coefficient (Wildman–Crippen LogP) is 1.26. The van der Waals surface area contributed by atoms with Crippen LogP contribution in [0.5, 0.6) is 0 Å². The van der Waals surface area contributed by atoms with Crippen molar-refractivity contribution in [2.45, 2.75) is 83.1 Å². The fourth-order valence-electron chi connectivity index (χ4n) is 4.06. The van der Waals surface area contributed by atoms with Gasteiger partial charge in [0.25, 0.3) is 0 Å². The van der Waals surface area contributed by atoms with Gasteiger partial charge in [0.15, 0.2) is 0 Å². The second-order valence-electron chi connectivity index (χ2n) is 8.95. The Hall–Kier alpha value is -0.393. The Labute approximate surface area is 144 Å². The highest BCUT2D eigenvalue weighted by molar-refractivity contribution is 6.23. The molecule has 5 heteroatoms. The van der Waals surface area contributed by atoms with Gasteiger partial charge in [0, 0.05) is 41.0 Å². The average Bonchev–Trinajstić information content (AvgIpc) is 3.09. The molecule has 0 aromatic carbocycles. The SMILES string of the molecule is CC(C)C([SiH3])C(=O)N(CC1NC2CCCCC2N1)CC1(C)CC1. The van der Waals surface area contributed by atoms with Crippen molar-refractivity contribution in [3.05, 3.63) is 0 Å². The normalized spacial score (nSPS) is 33.5. The van der Waals surface area contributed by atoms with E-state index in [2.05, 4.69) is 36.3 Å². The summed E-state index contributed by atoms with van der Waals surface area (Å²) in [5, 5.41) is 7.52. The molecule has 3 fully saturated rings. The van der Waals surface area contributed by atoms with Gasteiger partial charge in [0.2, 0.25) is 5.91 Å². The van der Waals surface area contributed by atoms with E-state index in [0.29, 0.717) is 29.3 Å². The molecule has 3 aliphatic rings. The Kier molecular flexibility index (Phi) is 5.19. The first kappa shape index (κ1) is 17.4. The summed E-state index contributed by atoms with van der Waals surface area (Å²) in [6, 6.07) is 1.25. The molecule has 132 valence electrons. The van der Waals surface area contributed by atoms with E-state index < -0.39 is 0 Å².